The molecule has 8 heteroatoms. The molecule has 2 N–H and O–H groups in total. The lowest BCUT2D eigenvalue weighted by atomic mass is 10.1. The molecule has 0 aliphatic heterocycles. The first-order chi connectivity index (χ1) is 11.8. The summed E-state index contributed by atoms with van der Waals surface area (Å²) in [5, 5.41) is 6.36. The van der Waals surface area contributed by atoms with Crippen LogP contribution in [0.5, 0.6) is 0 Å². The number of sulfonamides is 1. The molecule has 1 aromatic rings. The minimum Gasteiger partial charge on any atom is -0.356 e. The molecule has 0 saturated carbocycles. The molecule has 25 heavy (non-hydrogen) atoms. The third-order valence-corrected chi connectivity index (χ3v) is 5.86. The summed E-state index contributed by atoms with van der Waals surface area (Å²) in [6, 6.07) is 4.80. The van der Waals surface area contributed by atoms with E-state index in [1.807, 2.05) is 6.92 Å². The van der Waals surface area contributed by atoms with Crippen LogP contribution in [0.4, 0.5) is 4.39 Å². The fourth-order valence-electron chi connectivity index (χ4n) is 2.34. The number of aryl methyl sites for hydroxylation is 1. The summed E-state index contributed by atoms with van der Waals surface area (Å²) in [6.07, 6.45) is 1.46. The maximum Gasteiger partial charge on any atom is 0.213 e. The van der Waals surface area contributed by atoms with Gasteiger partial charge in [-0.25, -0.2) is 17.1 Å². The molecule has 0 aliphatic rings. The van der Waals surface area contributed by atoms with Gasteiger partial charge in [-0.2, -0.15) is 0 Å². The van der Waals surface area contributed by atoms with Crippen molar-refractivity contribution in [1.29, 1.82) is 0 Å². The van der Waals surface area contributed by atoms with Crippen molar-refractivity contribution in [2.75, 3.05) is 39.5 Å². The van der Waals surface area contributed by atoms with E-state index in [4.69, 9.17) is 0 Å². The van der Waals surface area contributed by atoms with E-state index in [1.165, 1.54) is 16.4 Å². The van der Waals surface area contributed by atoms with Gasteiger partial charge in [0.05, 0.1) is 5.75 Å². The second kappa shape index (κ2) is 10.4. The van der Waals surface area contributed by atoms with Gasteiger partial charge in [-0.3, -0.25) is 4.99 Å². The molecule has 142 valence electrons. The summed E-state index contributed by atoms with van der Waals surface area (Å²) in [7, 11) is 0.157. The van der Waals surface area contributed by atoms with E-state index in [-0.39, 0.29) is 11.6 Å². The molecule has 0 heterocycles. The number of benzene rings is 1. The average molecular weight is 373 g/mol. The van der Waals surface area contributed by atoms with Crippen LogP contribution in [0.25, 0.3) is 0 Å². The van der Waals surface area contributed by atoms with Crippen LogP contribution >= 0.6 is 0 Å². The highest BCUT2D eigenvalue weighted by Crippen LogP contribution is 2.10. The molecule has 6 nitrogen and oxygen atoms in total. The average Bonchev–Trinajstić information content (AvgIpc) is 2.58. The van der Waals surface area contributed by atoms with Gasteiger partial charge >= 0.3 is 0 Å². The Morgan fingerprint density at radius 2 is 1.96 bits per heavy atom. The third-order valence-electron chi connectivity index (χ3n) is 4.00. The Hall–Kier alpha value is -1.67. The van der Waals surface area contributed by atoms with Crippen molar-refractivity contribution in [3.8, 4) is 0 Å². The van der Waals surface area contributed by atoms with E-state index in [9.17, 15) is 12.8 Å². The fraction of sp³-hybridized carbons (Fsp3) is 0.588. The summed E-state index contributed by atoms with van der Waals surface area (Å²) >= 11 is 0. The van der Waals surface area contributed by atoms with Gasteiger partial charge in [-0.15, -0.1) is 0 Å². The zero-order valence-electron chi connectivity index (χ0n) is 15.5. The zero-order chi connectivity index (χ0) is 18.9. The highest BCUT2D eigenvalue weighted by molar-refractivity contribution is 7.89. The molecule has 0 spiro atoms. The minimum absolute atomic E-state index is 0.114. The Kier molecular flexibility index (Phi) is 8.85. The summed E-state index contributed by atoms with van der Waals surface area (Å²) in [6.45, 7) is 5.30. The molecule has 0 bridgehead atoms. The molecular weight excluding hydrogens is 343 g/mol. The Morgan fingerprint density at radius 3 is 2.56 bits per heavy atom. The Labute approximate surface area is 150 Å². The predicted molar refractivity (Wildman–Crippen MR) is 101 cm³/mol. The molecule has 0 amide bonds. The van der Waals surface area contributed by atoms with Crippen molar-refractivity contribution in [2.24, 2.45) is 4.99 Å². The number of halogens is 1. The van der Waals surface area contributed by atoms with Crippen LogP contribution in [-0.4, -0.2) is 58.2 Å². The largest absolute Gasteiger partial charge is 0.356 e. The van der Waals surface area contributed by atoms with E-state index < -0.39 is 10.0 Å². The van der Waals surface area contributed by atoms with Gasteiger partial charge in [0.15, 0.2) is 5.96 Å². The normalized spacial score (nSPS) is 12.5. The van der Waals surface area contributed by atoms with Crippen molar-refractivity contribution < 1.29 is 12.8 Å². The number of nitrogens with zero attached hydrogens (tertiary/aromatic N) is 2. The van der Waals surface area contributed by atoms with Crippen LogP contribution in [0.1, 0.15) is 24.5 Å². The second-order valence-electron chi connectivity index (χ2n) is 5.82. The van der Waals surface area contributed by atoms with Crippen LogP contribution in [0.3, 0.4) is 0 Å². The van der Waals surface area contributed by atoms with E-state index >= 15 is 0 Å². The van der Waals surface area contributed by atoms with Gasteiger partial charge in [0.1, 0.15) is 5.82 Å². The second-order valence-corrected chi connectivity index (χ2v) is 8.19. The van der Waals surface area contributed by atoms with Crippen molar-refractivity contribution >= 4 is 16.0 Å². The lowest BCUT2D eigenvalue weighted by Gasteiger charge is -2.17. The summed E-state index contributed by atoms with van der Waals surface area (Å²) in [5.41, 5.74) is 2.03. The first-order valence-electron chi connectivity index (χ1n) is 8.43. The SMILES string of the molecule is CCS(=O)(=O)N(C)CCCNC(=NC)NCCc1ccc(F)cc1C. The highest BCUT2D eigenvalue weighted by atomic mass is 32.2. The fourth-order valence-corrected chi connectivity index (χ4v) is 3.19. The smallest absolute Gasteiger partial charge is 0.213 e. The van der Waals surface area contributed by atoms with Gasteiger partial charge in [-0.05, 0) is 49.9 Å². The van der Waals surface area contributed by atoms with Crippen molar-refractivity contribution in [2.45, 2.75) is 26.7 Å². The number of guanidine groups is 1. The molecule has 0 aromatic heterocycles. The first kappa shape index (κ1) is 21.4. The van der Waals surface area contributed by atoms with Gasteiger partial charge in [0.25, 0.3) is 0 Å². The molecule has 0 atom stereocenters. The molecule has 0 unspecified atom stereocenters. The molecule has 0 saturated heterocycles. The highest BCUT2D eigenvalue weighted by Gasteiger charge is 2.13. The van der Waals surface area contributed by atoms with Gasteiger partial charge in [0.2, 0.25) is 10.0 Å². The topological polar surface area (TPSA) is 73.8 Å². The summed E-state index contributed by atoms with van der Waals surface area (Å²) in [5.74, 6) is 0.561. The lowest BCUT2D eigenvalue weighted by Crippen LogP contribution is -2.40. The number of aliphatic imine (C=N–C) groups is 1. The van der Waals surface area contributed by atoms with E-state index in [0.29, 0.717) is 32.0 Å². The Bertz CT molecular complexity index is 677. The van der Waals surface area contributed by atoms with Crippen LogP contribution in [0, 0.1) is 12.7 Å². The molecule has 0 radical (unpaired) electrons. The minimum atomic E-state index is -3.12. The van der Waals surface area contributed by atoms with Crippen LogP contribution in [-0.2, 0) is 16.4 Å². The molecule has 0 aliphatic carbocycles. The maximum atomic E-state index is 13.1. The van der Waals surface area contributed by atoms with Crippen molar-refractivity contribution in [3.05, 3.63) is 35.1 Å². The van der Waals surface area contributed by atoms with Gasteiger partial charge < -0.3 is 10.6 Å². The lowest BCUT2D eigenvalue weighted by molar-refractivity contribution is 0.461. The van der Waals surface area contributed by atoms with Crippen LogP contribution in [0.2, 0.25) is 0 Å². The number of rotatable bonds is 9. The third kappa shape index (κ3) is 7.39. The number of hydrogen-bond acceptors (Lipinski definition) is 3. The summed E-state index contributed by atoms with van der Waals surface area (Å²) < 4.78 is 37.8. The van der Waals surface area contributed by atoms with Crippen LogP contribution < -0.4 is 10.6 Å². The number of nitrogens with one attached hydrogen (secondary N) is 2. The van der Waals surface area contributed by atoms with Crippen LogP contribution in [0.15, 0.2) is 23.2 Å². The maximum absolute atomic E-state index is 13.1. The quantitative estimate of drug-likeness (QED) is 0.392. The van der Waals surface area contributed by atoms with E-state index in [2.05, 4.69) is 15.6 Å². The molecule has 0 fully saturated rings. The van der Waals surface area contributed by atoms with Crippen molar-refractivity contribution in [1.82, 2.24) is 14.9 Å². The van der Waals surface area contributed by atoms with Gasteiger partial charge in [0, 0.05) is 33.7 Å². The first-order valence-corrected chi connectivity index (χ1v) is 10.0. The standard InChI is InChI=1S/C17H29FN4O2S/c1-5-25(23,24)22(4)12-6-10-20-17(19-3)21-11-9-15-7-8-16(18)13-14(15)2/h7-8,13H,5-6,9-12H2,1-4H3,(H2,19,20,21). The molecule has 1 rings (SSSR count). The predicted octanol–water partition coefficient (Wildman–Crippen LogP) is 1.51. The van der Waals surface area contributed by atoms with Crippen molar-refractivity contribution in [3.63, 3.8) is 0 Å². The van der Waals surface area contributed by atoms with E-state index in [1.54, 1.807) is 27.1 Å². The monoisotopic (exact) mass is 372 g/mol. The summed E-state index contributed by atoms with van der Waals surface area (Å²) in [4.78, 5) is 4.14. The Morgan fingerprint density at radius 1 is 1.28 bits per heavy atom. The molecule has 1 aromatic carbocycles. The number of hydrogen-bond donors (Lipinski definition) is 2. The Balaban J connectivity index is 2.31. The van der Waals surface area contributed by atoms with E-state index in [0.717, 1.165) is 17.5 Å². The molecular formula is C17H29FN4O2S. The zero-order valence-corrected chi connectivity index (χ0v) is 16.3. The van der Waals surface area contributed by atoms with Gasteiger partial charge in [-0.1, -0.05) is 6.07 Å².